The van der Waals surface area contributed by atoms with E-state index in [1.165, 1.54) is 14.2 Å². The van der Waals surface area contributed by atoms with Crippen LogP contribution in [-0.2, 0) is 28.6 Å². The lowest BCUT2D eigenvalue weighted by molar-refractivity contribution is -0.160. The molecule has 0 aromatic heterocycles. The highest BCUT2D eigenvalue weighted by Crippen LogP contribution is 2.40. The van der Waals surface area contributed by atoms with Crippen molar-refractivity contribution in [3.8, 4) is 0 Å². The highest BCUT2D eigenvalue weighted by atomic mass is 79.9. The molecule has 0 bridgehead atoms. The second kappa shape index (κ2) is 8.44. The first-order valence-corrected chi connectivity index (χ1v) is 8.57. The average molecular weight is 414 g/mol. The summed E-state index contributed by atoms with van der Waals surface area (Å²) in [6, 6.07) is 5.67. The summed E-state index contributed by atoms with van der Waals surface area (Å²) in [5, 5.41) is 3.05. The molecule has 0 radical (unpaired) electrons. The highest BCUT2D eigenvalue weighted by Gasteiger charge is 2.55. The number of methoxy groups -OCH3 is 2. The number of hydrogen-bond donors (Lipinski definition) is 1. The van der Waals surface area contributed by atoms with Gasteiger partial charge in [0.15, 0.2) is 0 Å². The molecule has 2 rings (SSSR count). The van der Waals surface area contributed by atoms with Gasteiger partial charge in [-0.05, 0) is 24.6 Å². The Hall–Kier alpha value is -1.93. The van der Waals surface area contributed by atoms with E-state index < -0.39 is 41.8 Å². The van der Waals surface area contributed by atoms with Crippen molar-refractivity contribution in [3.63, 3.8) is 0 Å². The van der Waals surface area contributed by atoms with E-state index in [0.29, 0.717) is 0 Å². The molecule has 4 atom stereocenters. The maximum absolute atomic E-state index is 12.4. The quantitative estimate of drug-likeness (QED) is 0.578. The number of hydrogen-bond acceptors (Lipinski definition) is 7. The van der Waals surface area contributed by atoms with Crippen LogP contribution >= 0.6 is 15.9 Å². The van der Waals surface area contributed by atoms with Gasteiger partial charge in [0.1, 0.15) is 6.04 Å². The normalized spacial score (nSPS) is 25.3. The Morgan fingerprint density at radius 1 is 1.08 bits per heavy atom. The van der Waals surface area contributed by atoms with Crippen molar-refractivity contribution in [2.24, 2.45) is 11.8 Å². The Kier molecular flexibility index (Phi) is 6.55. The zero-order valence-corrected chi connectivity index (χ0v) is 15.7. The van der Waals surface area contributed by atoms with Crippen molar-refractivity contribution in [1.82, 2.24) is 5.32 Å². The van der Waals surface area contributed by atoms with Gasteiger partial charge in [-0.3, -0.25) is 19.7 Å². The van der Waals surface area contributed by atoms with E-state index in [1.54, 1.807) is 19.1 Å². The van der Waals surface area contributed by atoms with Crippen LogP contribution < -0.4 is 5.32 Å². The van der Waals surface area contributed by atoms with Crippen molar-refractivity contribution in [2.75, 3.05) is 20.8 Å². The first-order valence-electron chi connectivity index (χ1n) is 7.78. The fraction of sp³-hybridized carbons (Fsp3) is 0.471. The molecule has 0 amide bonds. The van der Waals surface area contributed by atoms with Crippen LogP contribution in [0.5, 0.6) is 0 Å². The molecule has 136 valence electrons. The van der Waals surface area contributed by atoms with Crippen LogP contribution in [0.25, 0.3) is 0 Å². The lowest BCUT2D eigenvalue weighted by Crippen LogP contribution is -2.42. The second-order valence-electron chi connectivity index (χ2n) is 5.53. The number of carbonyl (C=O) groups excluding carboxylic acids is 3. The zero-order chi connectivity index (χ0) is 18.6. The SMILES string of the molecule is CCOC(=O)[C@@H]1N[C@H](c2cccc(Br)c2)[C@H](C(=O)OC)[C@@H]1C(=O)OC. The molecule has 1 fully saturated rings. The van der Waals surface area contributed by atoms with Gasteiger partial charge in [-0.2, -0.15) is 0 Å². The van der Waals surface area contributed by atoms with E-state index in [9.17, 15) is 14.4 Å². The van der Waals surface area contributed by atoms with E-state index in [-0.39, 0.29) is 6.61 Å². The van der Waals surface area contributed by atoms with Gasteiger partial charge in [0.2, 0.25) is 0 Å². The molecule has 8 heteroatoms. The Labute approximate surface area is 154 Å². The lowest BCUT2D eigenvalue weighted by Gasteiger charge is -2.21. The summed E-state index contributed by atoms with van der Waals surface area (Å²) in [7, 11) is 2.46. The minimum absolute atomic E-state index is 0.162. The predicted molar refractivity (Wildman–Crippen MR) is 91.5 cm³/mol. The monoisotopic (exact) mass is 413 g/mol. The summed E-state index contributed by atoms with van der Waals surface area (Å²) in [5.74, 6) is -3.83. The highest BCUT2D eigenvalue weighted by molar-refractivity contribution is 9.10. The maximum atomic E-state index is 12.4. The Bertz CT molecular complexity index is 664. The summed E-state index contributed by atoms with van der Waals surface area (Å²) in [6.07, 6.45) is 0. The van der Waals surface area contributed by atoms with Crippen LogP contribution in [0.15, 0.2) is 28.7 Å². The minimum Gasteiger partial charge on any atom is -0.469 e. The molecule has 0 spiro atoms. The Morgan fingerprint density at radius 3 is 2.28 bits per heavy atom. The lowest BCUT2D eigenvalue weighted by atomic mass is 9.84. The number of benzene rings is 1. The third-order valence-electron chi connectivity index (χ3n) is 4.16. The smallest absolute Gasteiger partial charge is 0.324 e. The molecule has 0 aliphatic carbocycles. The molecule has 7 nitrogen and oxygen atoms in total. The van der Waals surface area contributed by atoms with E-state index in [0.717, 1.165) is 10.0 Å². The van der Waals surface area contributed by atoms with Crippen LogP contribution in [0.4, 0.5) is 0 Å². The van der Waals surface area contributed by atoms with Gasteiger partial charge in [0, 0.05) is 10.5 Å². The fourth-order valence-electron chi connectivity index (χ4n) is 3.10. The number of nitrogens with one attached hydrogen (secondary N) is 1. The molecule has 0 unspecified atom stereocenters. The number of rotatable bonds is 5. The average Bonchev–Trinajstić information content (AvgIpc) is 3.01. The first kappa shape index (κ1) is 19.4. The van der Waals surface area contributed by atoms with E-state index in [4.69, 9.17) is 14.2 Å². The Morgan fingerprint density at radius 2 is 1.72 bits per heavy atom. The van der Waals surface area contributed by atoms with Gasteiger partial charge < -0.3 is 14.2 Å². The number of halogens is 1. The number of ether oxygens (including phenoxy) is 3. The molecule has 1 aliphatic rings. The first-order chi connectivity index (χ1) is 11.9. The van der Waals surface area contributed by atoms with Crippen molar-refractivity contribution >= 4 is 33.8 Å². The molecule has 1 aromatic rings. The fourth-order valence-corrected chi connectivity index (χ4v) is 3.52. The predicted octanol–water partition coefficient (Wildman–Crippen LogP) is 1.60. The van der Waals surface area contributed by atoms with Gasteiger partial charge in [-0.1, -0.05) is 28.1 Å². The zero-order valence-electron chi connectivity index (χ0n) is 14.2. The molecular formula is C17H20BrNO6. The molecule has 1 aromatic carbocycles. The van der Waals surface area contributed by atoms with Crippen LogP contribution in [0.1, 0.15) is 18.5 Å². The van der Waals surface area contributed by atoms with Gasteiger partial charge in [-0.25, -0.2) is 0 Å². The van der Waals surface area contributed by atoms with E-state index in [2.05, 4.69) is 21.2 Å². The molecule has 1 aliphatic heterocycles. The van der Waals surface area contributed by atoms with Crippen molar-refractivity contribution in [2.45, 2.75) is 19.0 Å². The molecular weight excluding hydrogens is 394 g/mol. The molecule has 1 heterocycles. The summed E-state index contributed by atoms with van der Waals surface area (Å²) >= 11 is 3.38. The van der Waals surface area contributed by atoms with Gasteiger partial charge in [-0.15, -0.1) is 0 Å². The summed E-state index contributed by atoms with van der Waals surface area (Å²) in [4.78, 5) is 37.0. The van der Waals surface area contributed by atoms with Gasteiger partial charge in [0.05, 0.1) is 32.7 Å². The molecule has 1 saturated heterocycles. The third-order valence-corrected chi connectivity index (χ3v) is 4.65. The second-order valence-corrected chi connectivity index (χ2v) is 6.44. The van der Waals surface area contributed by atoms with Crippen LogP contribution in [0.2, 0.25) is 0 Å². The Balaban J connectivity index is 2.49. The van der Waals surface area contributed by atoms with Crippen LogP contribution in [0, 0.1) is 11.8 Å². The van der Waals surface area contributed by atoms with E-state index in [1.807, 2.05) is 12.1 Å². The topological polar surface area (TPSA) is 90.9 Å². The van der Waals surface area contributed by atoms with Crippen LogP contribution in [0.3, 0.4) is 0 Å². The molecule has 25 heavy (non-hydrogen) atoms. The van der Waals surface area contributed by atoms with Crippen molar-refractivity contribution in [1.29, 1.82) is 0 Å². The maximum Gasteiger partial charge on any atom is 0.324 e. The minimum atomic E-state index is -1.04. The van der Waals surface area contributed by atoms with Crippen molar-refractivity contribution < 1.29 is 28.6 Å². The van der Waals surface area contributed by atoms with Gasteiger partial charge >= 0.3 is 17.9 Å². The van der Waals surface area contributed by atoms with Gasteiger partial charge in [0.25, 0.3) is 0 Å². The van der Waals surface area contributed by atoms with Crippen molar-refractivity contribution in [3.05, 3.63) is 34.3 Å². The summed E-state index contributed by atoms with van der Waals surface area (Å²) in [5.41, 5.74) is 0.741. The third kappa shape index (κ3) is 4.01. The van der Waals surface area contributed by atoms with E-state index >= 15 is 0 Å². The molecule has 0 saturated carbocycles. The van der Waals surface area contributed by atoms with Crippen LogP contribution in [-0.4, -0.2) is 44.8 Å². The summed E-state index contributed by atoms with van der Waals surface area (Å²) < 4.78 is 15.6. The number of esters is 3. The number of carbonyl (C=O) groups is 3. The largest absolute Gasteiger partial charge is 0.469 e. The standard InChI is InChI=1S/C17H20BrNO6/c1-4-25-17(22)14-12(16(21)24-3)11(15(20)23-2)13(19-14)9-6-5-7-10(18)8-9/h5-8,11-14,19H,4H2,1-3H3/t11-,12+,13-,14-/m1/s1. The summed E-state index contributed by atoms with van der Waals surface area (Å²) in [6.45, 7) is 1.83. The molecule has 1 N–H and O–H groups in total.